The zero-order chi connectivity index (χ0) is 20.9. The summed E-state index contributed by atoms with van der Waals surface area (Å²) in [4.78, 5) is 17.5. The van der Waals surface area contributed by atoms with E-state index < -0.39 is 0 Å². The van der Waals surface area contributed by atoms with Gasteiger partial charge >= 0.3 is 0 Å². The molecule has 1 unspecified atom stereocenters. The molecule has 0 radical (unpaired) electrons. The minimum atomic E-state index is 0.0876. The maximum absolute atomic E-state index is 12.8. The Kier molecular flexibility index (Phi) is 6.43. The molecular weight excluding hydrogens is 394 g/mol. The van der Waals surface area contributed by atoms with Crippen LogP contribution in [0.1, 0.15) is 38.2 Å². The number of pyridine rings is 1. The average Bonchev–Trinajstić information content (AvgIpc) is 3.56. The van der Waals surface area contributed by atoms with Crippen LogP contribution in [-0.2, 0) is 11.3 Å². The fraction of sp³-hybridized carbons (Fsp3) is 0.375. The van der Waals surface area contributed by atoms with Gasteiger partial charge in [-0.2, -0.15) is 0 Å². The molecule has 2 aliphatic rings. The molecule has 0 bridgehead atoms. The zero-order valence-electron chi connectivity index (χ0n) is 17.2. The number of carbonyl (C=O) groups is 1. The number of anilines is 1. The van der Waals surface area contributed by atoms with Crippen molar-refractivity contribution in [1.29, 1.82) is 0 Å². The van der Waals surface area contributed by atoms with Crippen LogP contribution in [0.3, 0.4) is 0 Å². The smallest absolute Gasteiger partial charge is 0.167 e. The molecule has 5 nitrogen and oxygen atoms in total. The van der Waals surface area contributed by atoms with Crippen molar-refractivity contribution in [2.75, 3.05) is 11.9 Å². The van der Waals surface area contributed by atoms with Crippen molar-refractivity contribution in [1.82, 2.24) is 10.3 Å². The summed E-state index contributed by atoms with van der Waals surface area (Å²) in [7, 11) is 0. The third kappa shape index (κ3) is 5.25. The van der Waals surface area contributed by atoms with E-state index in [9.17, 15) is 4.79 Å². The van der Waals surface area contributed by atoms with E-state index in [1.165, 1.54) is 12.8 Å². The van der Waals surface area contributed by atoms with Gasteiger partial charge in [0.25, 0.3) is 0 Å². The van der Waals surface area contributed by atoms with Gasteiger partial charge < -0.3 is 15.4 Å². The second-order valence-electron chi connectivity index (χ2n) is 8.20. The van der Waals surface area contributed by atoms with Crippen molar-refractivity contribution >= 4 is 28.7 Å². The van der Waals surface area contributed by atoms with Gasteiger partial charge in [-0.25, -0.2) is 0 Å². The highest BCUT2D eigenvalue weighted by Gasteiger charge is 2.28. The third-order valence-electron chi connectivity index (χ3n) is 5.46. The molecule has 4 rings (SSSR count). The summed E-state index contributed by atoms with van der Waals surface area (Å²) in [6.45, 7) is 3.41. The predicted octanol–water partition coefficient (Wildman–Crippen LogP) is 4.65. The Labute approximate surface area is 182 Å². The van der Waals surface area contributed by atoms with Crippen molar-refractivity contribution < 1.29 is 9.53 Å². The Bertz CT molecular complexity index is 954. The number of carbonyl (C=O) groups excluding carboxylic acids is 1. The van der Waals surface area contributed by atoms with E-state index in [1.54, 1.807) is 12.4 Å². The number of ketones is 1. The van der Waals surface area contributed by atoms with Gasteiger partial charge in [-0.05, 0) is 49.3 Å². The van der Waals surface area contributed by atoms with Crippen LogP contribution in [0.25, 0.3) is 0 Å². The summed E-state index contributed by atoms with van der Waals surface area (Å²) in [5.74, 6) is 1.86. The third-order valence-corrected chi connectivity index (χ3v) is 5.77. The Morgan fingerprint density at radius 3 is 2.77 bits per heavy atom. The standard InChI is InChI=1S/C24H27N3O2S/c1-16-11-20(23(21(28)12-16)24(30)27-19-5-3-2-4-6-19)26-13-18-9-10-25-14-22(18)29-15-17-7-8-17/h2-6,9-10,14,16-17,26H,7-8,11-13,15H2,1H3,(H,27,30). The Hall–Kier alpha value is -2.73. The first-order valence-electron chi connectivity index (χ1n) is 10.5. The lowest BCUT2D eigenvalue weighted by Crippen LogP contribution is -2.31. The van der Waals surface area contributed by atoms with E-state index in [0.29, 0.717) is 29.4 Å². The quantitative estimate of drug-likeness (QED) is 0.605. The largest absolute Gasteiger partial charge is 0.491 e. The lowest BCUT2D eigenvalue weighted by molar-refractivity contribution is -0.116. The van der Waals surface area contributed by atoms with Crippen LogP contribution in [0.5, 0.6) is 5.75 Å². The molecule has 1 aromatic heterocycles. The van der Waals surface area contributed by atoms with E-state index in [0.717, 1.165) is 35.7 Å². The number of hydrogen-bond donors (Lipinski definition) is 2. The minimum Gasteiger partial charge on any atom is -0.491 e. The number of allylic oxidation sites excluding steroid dienone is 1. The summed E-state index contributed by atoms with van der Waals surface area (Å²) in [5, 5.41) is 6.70. The van der Waals surface area contributed by atoms with Crippen LogP contribution in [0.2, 0.25) is 0 Å². The van der Waals surface area contributed by atoms with Gasteiger partial charge in [0.2, 0.25) is 0 Å². The average molecular weight is 422 g/mol. The van der Waals surface area contributed by atoms with E-state index in [2.05, 4.69) is 22.5 Å². The minimum absolute atomic E-state index is 0.0876. The normalized spacial score (nSPS) is 18.8. The van der Waals surface area contributed by atoms with Crippen LogP contribution < -0.4 is 15.4 Å². The molecule has 1 aromatic carbocycles. The van der Waals surface area contributed by atoms with E-state index in [4.69, 9.17) is 17.0 Å². The first-order chi connectivity index (χ1) is 14.6. The first kappa shape index (κ1) is 20.5. The number of rotatable bonds is 8. The number of para-hydroxylation sites is 1. The van der Waals surface area contributed by atoms with Crippen molar-refractivity contribution in [3.63, 3.8) is 0 Å². The molecule has 30 heavy (non-hydrogen) atoms. The Morgan fingerprint density at radius 2 is 2.00 bits per heavy atom. The lowest BCUT2D eigenvalue weighted by atomic mass is 9.87. The topological polar surface area (TPSA) is 63.2 Å². The van der Waals surface area contributed by atoms with Gasteiger partial charge in [0.1, 0.15) is 10.7 Å². The fourth-order valence-electron chi connectivity index (χ4n) is 3.63. The number of nitrogens with zero attached hydrogens (tertiary/aromatic N) is 1. The summed E-state index contributed by atoms with van der Waals surface area (Å²) >= 11 is 5.62. The van der Waals surface area contributed by atoms with E-state index in [-0.39, 0.29) is 11.7 Å². The summed E-state index contributed by atoms with van der Waals surface area (Å²) in [6, 6.07) is 11.7. The Morgan fingerprint density at radius 1 is 1.20 bits per heavy atom. The number of hydrogen-bond acceptors (Lipinski definition) is 5. The number of ether oxygens (including phenoxy) is 1. The van der Waals surface area contributed by atoms with Crippen LogP contribution in [0.15, 0.2) is 60.1 Å². The van der Waals surface area contributed by atoms with E-state index in [1.807, 2.05) is 36.4 Å². The SMILES string of the molecule is CC1CC(=O)C(C(=S)Nc2ccccc2)=C(NCc2ccncc2OCC2CC2)C1. The molecule has 1 atom stereocenters. The summed E-state index contributed by atoms with van der Waals surface area (Å²) < 4.78 is 5.97. The molecule has 0 aliphatic heterocycles. The zero-order valence-corrected chi connectivity index (χ0v) is 18.0. The maximum Gasteiger partial charge on any atom is 0.167 e. The van der Waals surface area contributed by atoms with Crippen LogP contribution in [0, 0.1) is 11.8 Å². The maximum atomic E-state index is 12.8. The van der Waals surface area contributed by atoms with E-state index >= 15 is 0 Å². The number of thiocarbonyl (C=S) groups is 1. The monoisotopic (exact) mass is 421 g/mol. The highest BCUT2D eigenvalue weighted by Crippen LogP contribution is 2.31. The summed E-state index contributed by atoms with van der Waals surface area (Å²) in [5.41, 5.74) is 3.41. The molecule has 0 spiro atoms. The second kappa shape index (κ2) is 9.39. The van der Waals surface area contributed by atoms with Gasteiger partial charge in [0, 0.05) is 36.1 Å². The molecule has 0 amide bonds. The predicted molar refractivity (Wildman–Crippen MR) is 122 cm³/mol. The van der Waals surface area contributed by atoms with Gasteiger partial charge in [0.05, 0.1) is 18.4 Å². The first-order valence-corrected chi connectivity index (χ1v) is 10.9. The van der Waals surface area contributed by atoms with Crippen LogP contribution in [-0.4, -0.2) is 22.4 Å². The number of Topliss-reactive ketones (excluding diaryl/α,β-unsaturated/α-hetero) is 1. The highest BCUT2D eigenvalue weighted by molar-refractivity contribution is 7.81. The van der Waals surface area contributed by atoms with Crippen LogP contribution >= 0.6 is 12.2 Å². The highest BCUT2D eigenvalue weighted by atomic mass is 32.1. The van der Waals surface area contributed by atoms with Crippen molar-refractivity contribution in [2.45, 2.75) is 39.2 Å². The molecule has 2 aliphatic carbocycles. The fourth-order valence-corrected chi connectivity index (χ4v) is 3.98. The number of aromatic nitrogens is 1. The molecule has 1 saturated carbocycles. The molecule has 1 heterocycles. The van der Waals surface area contributed by atoms with Gasteiger partial charge in [-0.3, -0.25) is 9.78 Å². The number of benzene rings is 1. The van der Waals surface area contributed by atoms with Crippen LogP contribution in [0.4, 0.5) is 5.69 Å². The van der Waals surface area contributed by atoms with Crippen molar-refractivity contribution in [2.24, 2.45) is 11.8 Å². The molecule has 1 fully saturated rings. The van der Waals surface area contributed by atoms with Gasteiger partial charge in [0.15, 0.2) is 5.78 Å². The summed E-state index contributed by atoms with van der Waals surface area (Å²) in [6.07, 6.45) is 7.34. The molecule has 0 saturated heterocycles. The lowest BCUT2D eigenvalue weighted by Gasteiger charge is -2.26. The molecule has 2 aromatic rings. The molecule has 2 N–H and O–H groups in total. The number of nitrogens with one attached hydrogen (secondary N) is 2. The Balaban J connectivity index is 1.51. The van der Waals surface area contributed by atoms with Gasteiger partial charge in [-0.15, -0.1) is 0 Å². The van der Waals surface area contributed by atoms with Crippen molar-refractivity contribution in [3.8, 4) is 5.75 Å². The molecular formula is C24H27N3O2S. The van der Waals surface area contributed by atoms with Crippen molar-refractivity contribution in [3.05, 3.63) is 65.6 Å². The molecule has 6 heteroatoms. The molecule has 156 valence electrons. The second-order valence-corrected chi connectivity index (χ2v) is 8.61. The van der Waals surface area contributed by atoms with Gasteiger partial charge in [-0.1, -0.05) is 37.3 Å².